The zero-order valence-corrected chi connectivity index (χ0v) is 16.1. The van der Waals surface area contributed by atoms with Gasteiger partial charge in [-0.05, 0) is 61.1 Å². The lowest BCUT2D eigenvalue weighted by Crippen LogP contribution is -2.31. The van der Waals surface area contributed by atoms with Crippen molar-refractivity contribution in [1.82, 2.24) is 10.3 Å². The molecular formula is C20H24Cl2N2O2. The van der Waals surface area contributed by atoms with E-state index in [-0.39, 0.29) is 18.4 Å². The second kappa shape index (κ2) is 11.2. The minimum atomic E-state index is 0.0116. The summed E-state index contributed by atoms with van der Waals surface area (Å²) in [7, 11) is 0. The summed E-state index contributed by atoms with van der Waals surface area (Å²) in [6.07, 6.45) is 7.25. The van der Waals surface area contributed by atoms with E-state index in [0.29, 0.717) is 23.0 Å². The van der Waals surface area contributed by atoms with Gasteiger partial charge in [-0.3, -0.25) is 9.78 Å². The van der Waals surface area contributed by atoms with Crippen molar-refractivity contribution in [3.05, 3.63) is 63.9 Å². The van der Waals surface area contributed by atoms with Gasteiger partial charge in [0.2, 0.25) is 5.91 Å². The number of halogens is 2. The highest BCUT2D eigenvalue weighted by molar-refractivity contribution is 6.42. The number of rotatable bonds is 10. The molecule has 26 heavy (non-hydrogen) atoms. The van der Waals surface area contributed by atoms with E-state index in [9.17, 15) is 9.90 Å². The Morgan fingerprint density at radius 2 is 1.85 bits per heavy atom. The third-order valence-electron chi connectivity index (χ3n) is 4.22. The molecule has 6 heteroatoms. The van der Waals surface area contributed by atoms with Gasteiger partial charge in [-0.15, -0.1) is 0 Å². The highest BCUT2D eigenvalue weighted by Gasteiger charge is 2.10. The fourth-order valence-corrected chi connectivity index (χ4v) is 3.03. The third-order valence-corrected chi connectivity index (χ3v) is 4.96. The number of pyridine rings is 1. The van der Waals surface area contributed by atoms with E-state index in [1.165, 1.54) is 0 Å². The van der Waals surface area contributed by atoms with Crippen molar-refractivity contribution in [2.45, 2.75) is 32.1 Å². The molecule has 0 aliphatic rings. The van der Waals surface area contributed by atoms with Crippen LogP contribution in [0.1, 0.15) is 30.4 Å². The van der Waals surface area contributed by atoms with E-state index < -0.39 is 0 Å². The molecule has 0 aliphatic heterocycles. The maximum atomic E-state index is 12.0. The van der Waals surface area contributed by atoms with Gasteiger partial charge in [-0.25, -0.2) is 0 Å². The average Bonchev–Trinajstić information content (AvgIpc) is 2.66. The molecule has 1 unspecified atom stereocenters. The summed E-state index contributed by atoms with van der Waals surface area (Å²) in [5, 5.41) is 13.5. The molecule has 1 aromatic carbocycles. The third kappa shape index (κ3) is 7.32. The lowest BCUT2D eigenvalue weighted by Gasteiger charge is -2.15. The number of nitrogens with one attached hydrogen (secondary N) is 1. The number of aryl methyl sites for hydroxylation is 1. The number of hydrogen-bond donors (Lipinski definition) is 2. The monoisotopic (exact) mass is 394 g/mol. The zero-order valence-electron chi connectivity index (χ0n) is 14.6. The molecule has 1 heterocycles. The van der Waals surface area contributed by atoms with Crippen LogP contribution in [0.25, 0.3) is 0 Å². The van der Waals surface area contributed by atoms with E-state index in [4.69, 9.17) is 23.2 Å². The molecule has 0 bridgehead atoms. The lowest BCUT2D eigenvalue weighted by molar-refractivity contribution is -0.121. The number of hydrogen-bond acceptors (Lipinski definition) is 3. The molecule has 1 aromatic heterocycles. The normalized spacial score (nSPS) is 12.0. The molecule has 2 N–H and O–H groups in total. The van der Waals surface area contributed by atoms with Gasteiger partial charge in [0.15, 0.2) is 0 Å². The molecule has 0 spiro atoms. The molecule has 0 saturated heterocycles. The molecule has 1 amide bonds. The summed E-state index contributed by atoms with van der Waals surface area (Å²) < 4.78 is 0. The van der Waals surface area contributed by atoms with Crippen LogP contribution in [-0.4, -0.2) is 29.1 Å². The maximum Gasteiger partial charge on any atom is 0.220 e. The number of benzene rings is 1. The summed E-state index contributed by atoms with van der Waals surface area (Å²) in [5.74, 6) is 0.0323. The quantitative estimate of drug-likeness (QED) is 0.597. The zero-order chi connectivity index (χ0) is 18.8. The maximum absolute atomic E-state index is 12.0. The Bertz CT molecular complexity index is 695. The van der Waals surface area contributed by atoms with Crippen molar-refractivity contribution < 1.29 is 9.90 Å². The van der Waals surface area contributed by atoms with Crippen LogP contribution in [0.2, 0.25) is 10.0 Å². The van der Waals surface area contributed by atoms with Gasteiger partial charge >= 0.3 is 0 Å². The molecule has 140 valence electrons. The minimum absolute atomic E-state index is 0.0116. The van der Waals surface area contributed by atoms with Gasteiger partial charge in [0.05, 0.1) is 10.0 Å². The highest BCUT2D eigenvalue weighted by atomic mass is 35.5. The molecular weight excluding hydrogens is 371 g/mol. The van der Waals surface area contributed by atoms with E-state index in [1.54, 1.807) is 18.5 Å². The van der Waals surface area contributed by atoms with E-state index >= 15 is 0 Å². The van der Waals surface area contributed by atoms with Gasteiger partial charge in [0, 0.05) is 37.9 Å². The molecule has 4 nitrogen and oxygen atoms in total. The van der Waals surface area contributed by atoms with Crippen LogP contribution in [-0.2, 0) is 17.6 Å². The van der Waals surface area contributed by atoms with Crippen LogP contribution in [0.15, 0.2) is 42.7 Å². The Morgan fingerprint density at radius 3 is 2.54 bits per heavy atom. The van der Waals surface area contributed by atoms with Gasteiger partial charge in [0.25, 0.3) is 0 Å². The first-order valence-electron chi connectivity index (χ1n) is 8.79. The number of amides is 1. The van der Waals surface area contributed by atoms with Gasteiger partial charge < -0.3 is 10.4 Å². The molecule has 1 atom stereocenters. The molecule has 0 fully saturated rings. The summed E-state index contributed by atoms with van der Waals surface area (Å²) >= 11 is 11.9. The molecule has 0 radical (unpaired) electrons. The van der Waals surface area contributed by atoms with Crippen LogP contribution in [0.4, 0.5) is 0 Å². The summed E-state index contributed by atoms with van der Waals surface area (Å²) in [6, 6.07) is 9.47. The summed E-state index contributed by atoms with van der Waals surface area (Å²) in [6.45, 7) is 0.518. The fourth-order valence-electron chi connectivity index (χ4n) is 2.71. The smallest absolute Gasteiger partial charge is 0.220 e. The second-order valence-corrected chi connectivity index (χ2v) is 7.18. The van der Waals surface area contributed by atoms with Crippen molar-refractivity contribution in [2.75, 3.05) is 13.2 Å². The standard InChI is InChI=1S/C20H24Cl2N2O2/c21-18-6-5-15(12-19(18)22)3-1-2-4-20(26)24-13-17(14-25)11-16-7-9-23-10-8-16/h5-10,12,17,25H,1-4,11,13-14H2,(H,24,26). The first kappa shape index (κ1) is 20.7. The van der Waals surface area contributed by atoms with Crippen LogP contribution in [0.5, 0.6) is 0 Å². The Kier molecular flexibility index (Phi) is 8.89. The molecule has 0 saturated carbocycles. The van der Waals surface area contributed by atoms with Gasteiger partial charge in [-0.1, -0.05) is 29.3 Å². The second-order valence-electron chi connectivity index (χ2n) is 6.37. The predicted molar refractivity (Wildman–Crippen MR) is 106 cm³/mol. The molecule has 0 aliphatic carbocycles. The largest absolute Gasteiger partial charge is 0.396 e. The minimum Gasteiger partial charge on any atom is -0.396 e. The average molecular weight is 395 g/mol. The Morgan fingerprint density at radius 1 is 1.08 bits per heavy atom. The van der Waals surface area contributed by atoms with Crippen molar-refractivity contribution in [3.63, 3.8) is 0 Å². The SMILES string of the molecule is O=C(CCCCc1ccc(Cl)c(Cl)c1)NCC(CO)Cc1ccncc1. The van der Waals surface area contributed by atoms with Crippen LogP contribution in [0.3, 0.4) is 0 Å². The number of aliphatic hydroxyl groups is 1. The Balaban J connectivity index is 1.64. The van der Waals surface area contributed by atoms with E-state index in [1.807, 2.05) is 24.3 Å². The van der Waals surface area contributed by atoms with Crippen LogP contribution >= 0.6 is 23.2 Å². The Hall–Kier alpha value is -1.62. The van der Waals surface area contributed by atoms with Gasteiger partial charge in [0.1, 0.15) is 0 Å². The van der Waals surface area contributed by atoms with Crippen molar-refractivity contribution in [1.29, 1.82) is 0 Å². The summed E-state index contributed by atoms with van der Waals surface area (Å²) in [5.41, 5.74) is 2.23. The topological polar surface area (TPSA) is 62.2 Å². The summed E-state index contributed by atoms with van der Waals surface area (Å²) in [4.78, 5) is 16.0. The first-order chi connectivity index (χ1) is 12.6. The van der Waals surface area contributed by atoms with E-state index in [2.05, 4.69) is 10.3 Å². The van der Waals surface area contributed by atoms with Crippen LogP contribution < -0.4 is 5.32 Å². The molecule has 2 aromatic rings. The number of carbonyl (C=O) groups excluding carboxylic acids is 1. The fraction of sp³-hybridized carbons (Fsp3) is 0.400. The molecule has 2 rings (SSSR count). The van der Waals surface area contributed by atoms with Crippen LogP contribution in [0, 0.1) is 5.92 Å². The van der Waals surface area contributed by atoms with E-state index in [0.717, 1.165) is 36.8 Å². The number of aliphatic hydroxyl groups excluding tert-OH is 1. The first-order valence-corrected chi connectivity index (χ1v) is 9.54. The number of aromatic nitrogens is 1. The van der Waals surface area contributed by atoms with Crippen molar-refractivity contribution in [2.24, 2.45) is 5.92 Å². The number of carbonyl (C=O) groups is 1. The van der Waals surface area contributed by atoms with Crippen molar-refractivity contribution >= 4 is 29.1 Å². The van der Waals surface area contributed by atoms with Crippen molar-refractivity contribution in [3.8, 4) is 0 Å². The number of unbranched alkanes of at least 4 members (excludes halogenated alkanes) is 1. The predicted octanol–water partition coefficient (Wildman–Crippen LogP) is 4.07. The van der Waals surface area contributed by atoms with Gasteiger partial charge in [-0.2, -0.15) is 0 Å². The number of nitrogens with zero attached hydrogens (tertiary/aromatic N) is 1. The lowest BCUT2D eigenvalue weighted by atomic mass is 10.0. The highest BCUT2D eigenvalue weighted by Crippen LogP contribution is 2.23. The Labute approximate surface area is 164 Å².